The van der Waals surface area contributed by atoms with Crippen molar-refractivity contribution in [1.82, 2.24) is 0 Å². The van der Waals surface area contributed by atoms with Gasteiger partial charge < -0.3 is 8.85 Å². The van der Waals surface area contributed by atoms with E-state index in [9.17, 15) is 52.7 Å². The van der Waals surface area contributed by atoms with Crippen molar-refractivity contribution in [2.45, 2.75) is 73.5 Å². The fourth-order valence-corrected chi connectivity index (χ4v) is 6.89. The molecule has 0 saturated carbocycles. The van der Waals surface area contributed by atoms with Gasteiger partial charge in [-0.05, 0) is 74.7 Å². The van der Waals surface area contributed by atoms with Crippen molar-refractivity contribution in [3.63, 3.8) is 0 Å². The third kappa shape index (κ3) is 7.32. The Kier molecular flexibility index (Phi) is 9.37. The number of hydrogen-bond acceptors (Lipinski definition) is 3. The van der Waals surface area contributed by atoms with Gasteiger partial charge in [0.15, 0.2) is 0 Å². The minimum Gasteiger partial charge on any atom is -0.544 e. The SMILES string of the molecule is C[Si](C)(C)Oc1ccc(C(SC(c2ccc(O[Si](C)(C)C)cc2)(C(F)(F)F)C(F)(F)F)(C(F)(F)F)C(F)(F)F)cc1. The second-order valence-corrected chi connectivity index (χ2v) is 21.2. The van der Waals surface area contributed by atoms with Crippen LogP contribution in [0.1, 0.15) is 11.1 Å². The maximum Gasteiger partial charge on any atom is 0.416 e. The summed E-state index contributed by atoms with van der Waals surface area (Å²) in [4.78, 5) is 0. The van der Waals surface area contributed by atoms with Crippen LogP contribution in [0.15, 0.2) is 48.5 Å². The second-order valence-electron chi connectivity index (χ2n) is 10.9. The van der Waals surface area contributed by atoms with Crippen LogP contribution < -0.4 is 8.85 Å². The van der Waals surface area contributed by atoms with Crippen LogP contribution in [-0.2, 0) is 9.49 Å². The minimum absolute atomic E-state index is 0.172. The molecule has 0 N–H and O–H groups in total. The van der Waals surface area contributed by atoms with Crippen molar-refractivity contribution in [2.24, 2.45) is 0 Å². The van der Waals surface area contributed by atoms with E-state index in [-0.39, 0.29) is 35.8 Å². The van der Waals surface area contributed by atoms with Crippen molar-refractivity contribution in [3.8, 4) is 11.5 Å². The van der Waals surface area contributed by atoms with Gasteiger partial charge in [0.1, 0.15) is 11.5 Å². The molecule has 0 saturated heterocycles. The largest absolute Gasteiger partial charge is 0.544 e. The highest BCUT2D eigenvalue weighted by atomic mass is 32.2. The standard InChI is InChI=1S/C24H26F12O2SSi2/c1-40(2,3)37-17-11-7-15(8-12-17)19(21(25,26)27,22(28,29)30)39-20(23(31,32)33,24(34,35)36)16-9-13-18(14-10-16)38-41(4,5)6/h7-14H,1-6H3. The Morgan fingerprint density at radius 2 is 0.659 bits per heavy atom. The fourth-order valence-electron chi connectivity index (χ4n) is 3.78. The number of rotatable bonds is 8. The first-order chi connectivity index (χ1) is 18.1. The Morgan fingerprint density at radius 1 is 0.439 bits per heavy atom. The van der Waals surface area contributed by atoms with Crippen molar-refractivity contribution >= 4 is 28.4 Å². The van der Waals surface area contributed by atoms with Gasteiger partial charge >= 0.3 is 24.7 Å². The topological polar surface area (TPSA) is 18.5 Å². The van der Waals surface area contributed by atoms with Gasteiger partial charge in [-0.3, -0.25) is 0 Å². The maximum absolute atomic E-state index is 14.5. The summed E-state index contributed by atoms with van der Waals surface area (Å²) in [7, 11) is -4.88. The molecule has 2 aromatic rings. The molecule has 0 amide bonds. The van der Waals surface area contributed by atoms with Crippen LogP contribution in [-0.4, -0.2) is 41.3 Å². The highest BCUT2D eigenvalue weighted by Gasteiger charge is 2.82. The zero-order chi connectivity index (χ0) is 32.1. The monoisotopic (exact) mass is 662 g/mol. The van der Waals surface area contributed by atoms with Gasteiger partial charge in [0.05, 0.1) is 0 Å². The lowest BCUT2D eigenvalue weighted by Gasteiger charge is -2.46. The van der Waals surface area contributed by atoms with E-state index >= 15 is 0 Å². The van der Waals surface area contributed by atoms with E-state index in [2.05, 4.69) is 0 Å². The van der Waals surface area contributed by atoms with Crippen LogP contribution in [0.3, 0.4) is 0 Å². The first-order valence-corrected chi connectivity index (χ1v) is 19.3. The highest BCUT2D eigenvalue weighted by molar-refractivity contribution is 8.01. The molecule has 0 radical (unpaired) electrons. The predicted molar refractivity (Wildman–Crippen MR) is 136 cm³/mol. The highest BCUT2D eigenvalue weighted by Crippen LogP contribution is 2.70. The Hall–Kier alpha value is -2.02. The molecule has 0 bridgehead atoms. The van der Waals surface area contributed by atoms with Crippen molar-refractivity contribution in [1.29, 1.82) is 0 Å². The molecule has 0 heterocycles. The molecule has 0 spiro atoms. The number of benzene rings is 2. The van der Waals surface area contributed by atoms with Gasteiger partial charge in [0, 0.05) is 0 Å². The zero-order valence-electron chi connectivity index (χ0n) is 22.4. The summed E-state index contributed by atoms with van der Waals surface area (Å²) in [5.41, 5.74) is -3.77. The third-order valence-electron chi connectivity index (χ3n) is 5.27. The molecule has 0 aliphatic rings. The molecule has 2 aromatic carbocycles. The lowest BCUT2D eigenvalue weighted by Crippen LogP contribution is -2.60. The Labute approximate surface area is 234 Å². The van der Waals surface area contributed by atoms with Gasteiger partial charge in [-0.1, -0.05) is 24.3 Å². The molecule has 0 fully saturated rings. The minimum atomic E-state index is -6.68. The van der Waals surface area contributed by atoms with E-state index in [1.54, 1.807) is 39.3 Å². The van der Waals surface area contributed by atoms with Gasteiger partial charge in [0.2, 0.25) is 26.1 Å². The van der Waals surface area contributed by atoms with Crippen molar-refractivity contribution in [2.75, 3.05) is 0 Å². The molecule has 0 unspecified atom stereocenters. The summed E-state index contributed by atoms with van der Waals surface area (Å²) in [6.45, 7) is 9.79. The average Bonchev–Trinajstić information content (AvgIpc) is 2.70. The smallest absolute Gasteiger partial charge is 0.416 e. The van der Waals surface area contributed by atoms with Gasteiger partial charge in [-0.15, -0.1) is 11.8 Å². The third-order valence-corrected chi connectivity index (χ3v) is 8.98. The normalized spacial score (nSPS) is 14.7. The quantitative estimate of drug-likeness (QED) is 0.207. The molecular weight excluding hydrogens is 636 g/mol. The average molecular weight is 663 g/mol. The first-order valence-electron chi connectivity index (χ1n) is 11.6. The predicted octanol–water partition coefficient (Wildman–Crippen LogP) is 10.2. The summed E-state index contributed by atoms with van der Waals surface area (Å²) in [6.07, 6.45) is -26.7. The van der Waals surface area contributed by atoms with Gasteiger partial charge in [-0.25, -0.2) is 0 Å². The summed E-state index contributed by atoms with van der Waals surface area (Å²) < 4.78 is 173. The van der Waals surface area contributed by atoms with E-state index in [0.717, 1.165) is 0 Å². The molecule has 0 atom stereocenters. The molecule has 2 nitrogen and oxygen atoms in total. The van der Waals surface area contributed by atoms with E-state index in [1.165, 1.54) is 0 Å². The fraction of sp³-hybridized carbons (Fsp3) is 0.500. The summed E-state index contributed by atoms with van der Waals surface area (Å²) in [5, 5.41) is 0. The Bertz CT molecular complexity index is 1050. The van der Waals surface area contributed by atoms with Crippen LogP contribution in [0.2, 0.25) is 39.3 Å². The molecule has 2 rings (SSSR count). The van der Waals surface area contributed by atoms with Crippen molar-refractivity contribution in [3.05, 3.63) is 59.7 Å². The molecule has 0 aliphatic carbocycles. The summed E-state index contributed by atoms with van der Waals surface area (Å²) in [6, 6.07) is 3.27. The van der Waals surface area contributed by atoms with E-state index < -0.39 is 73.7 Å². The van der Waals surface area contributed by atoms with Crippen LogP contribution in [0.5, 0.6) is 11.5 Å². The lowest BCUT2D eigenvalue weighted by atomic mass is 9.95. The summed E-state index contributed by atoms with van der Waals surface area (Å²) in [5.74, 6) is -0.404. The zero-order valence-corrected chi connectivity index (χ0v) is 25.2. The first kappa shape index (κ1) is 35.2. The lowest BCUT2D eigenvalue weighted by molar-refractivity contribution is -0.282. The maximum atomic E-state index is 14.5. The Balaban J connectivity index is 2.95. The van der Waals surface area contributed by atoms with Crippen molar-refractivity contribution < 1.29 is 61.5 Å². The van der Waals surface area contributed by atoms with Crippen LogP contribution in [0.25, 0.3) is 0 Å². The van der Waals surface area contributed by atoms with Crippen LogP contribution >= 0.6 is 11.8 Å². The molecule has 0 aliphatic heterocycles. The van der Waals surface area contributed by atoms with Gasteiger partial charge in [-0.2, -0.15) is 52.7 Å². The van der Waals surface area contributed by atoms with E-state index in [1.807, 2.05) is 0 Å². The number of alkyl halides is 12. The van der Waals surface area contributed by atoms with E-state index in [0.29, 0.717) is 24.3 Å². The number of halogens is 12. The van der Waals surface area contributed by atoms with E-state index in [4.69, 9.17) is 8.85 Å². The number of thioether (sulfide) groups is 1. The second kappa shape index (κ2) is 10.9. The molecule has 232 valence electrons. The summed E-state index contributed by atoms with van der Waals surface area (Å²) >= 11 is -2.31. The van der Waals surface area contributed by atoms with Crippen LogP contribution in [0.4, 0.5) is 52.7 Å². The molecule has 17 heteroatoms. The van der Waals surface area contributed by atoms with Crippen LogP contribution in [0, 0.1) is 0 Å². The number of hydrogen-bond donors (Lipinski definition) is 0. The molecule has 41 heavy (non-hydrogen) atoms. The Morgan fingerprint density at radius 3 is 0.829 bits per heavy atom. The molecule has 0 aromatic heterocycles. The van der Waals surface area contributed by atoms with Gasteiger partial charge in [0.25, 0.3) is 0 Å². The molecular formula is C24H26F12O2SSi2.